The standard InChI is InChI=1S/C32H29F3N4O5/c1-42-27-18-24(14-17-26(27)43-20-22-10-6-3-7-11-22)31(44-30(41)32(33,34)35,29(40)38-19-21-8-4-2-5-9-21)39-25-15-12-23(13-16-25)28(36)37/h2-18,39H,19-20H2,1H3,(H3,36,37)(H,38,40). The van der Waals surface area contributed by atoms with E-state index >= 15 is 0 Å². The number of carbonyl (C=O) groups is 2. The van der Waals surface area contributed by atoms with E-state index in [1.54, 1.807) is 30.3 Å². The summed E-state index contributed by atoms with van der Waals surface area (Å²) in [6.45, 7) is 0.0639. The van der Waals surface area contributed by atoms with Crippen LogP contribution in [0.5, 0.6) is 11.5 Å². The van der Waals surface area contributed by atoms with Gasteiger partial charge in [0.25, 0.3) is 11.6 Å². The summed E-state index contributed by atoms with van der Waals surface area (Å²) in [6.07, 6.45) is -5.44. The van der Waals surface area contributed by atoms with Crippen molar-refractivity contribution in [2.75, 3.05) is 12.4 Å². The van der Waals surface area contributed by atoms with Gasteiger partial charge in [0.2, 0.25) is 0 Å². The highest BCUT2D eigenvalue weighted by Gasteiger charge is 2.52. The number of amidine groups is 1. The van der Waals surface area contributed by atoms with E-state index in [1.165, 1.54) is 49.6 Å². The number of nitrogen functional groups attached to an aromatic ring is 1. The molecule has 4 aromatic rings. The van der Waals surface area contributed by atoms with Crippen LogP contribution in [0.2, 0.25) is 0 Å². The third-order valence-electron chi connectivity index (χ3n) is 6.42. The van der Waals surface area contributed by atoms with Crippen molar-refractivity contribution in [3.8, 4) is 11.5 Å². The molecule has 0 spiro atoms. The van der Waals surface area contributed by atoms with Crippen LogP contribution < -0.4 is 25.8 Å². The summed E-state index contributed by atoms with van der Waals surface area (Å²) in [6, 6.07) is 27.4. The summed E-state index contributed by atoms with van der Waals surface area (Å²) in [5.41, 5.74) is 4.49. The van der Waals surface area contributed by atoms with Gasteiger partial charge < -0.3 is 30.6 Å². The Morgan fingerprint density at radius 1 is 0.841 bits per heavy atom. The molecule has 0 aliphatic heterocycles. The maximum Gasteiger partial charge on any atom is 0.491 e. The fourth-order valence-electron chi connectivity index (χ4n) is 4.17. The van der Waals surface area contributed by atoms with Crippen molar-refractivity contribution in [2.45, 2.75) is 25.1 Å². The first-order valence-electron chi connectivity index (χ1n) is 13.2. The molecule has 5 N–H and O–H groups in total. The molecule has 4 rings (SSSR count). The Morgan fingerprint density at radius 3 is 2.02 bits per heavy atom. The van der Waals surface area contributed by atoms with Crippen LogP contribution in [-0.4, -0.2) is 31.0 Å². The van der Waals surface area contributed by atoms with Crippen LogP contribution in [0, 0.1) is 5.41 Å². The van der Waals surface area contributed by atoms with E-state index in [-0.39, 0.29) is 41.7 Å². The molecule has 9 nitrogen and oxygen atoms in total. The Labute approximate surface area is 251 Å². The molecule has 1 amide bonds. The number of ether oxygens (including phenoxy) is 3. The number of nitrogens with one attached hydrogen (secondary N) is 3. The van der Waals surface area contributed by atoms with Gasteiger partial charge in [0.05, 0.1) is 7.11 Å². The zero-order valence-electron chi connectivity index (χ0n) is 23.5. The molecule has 0 radical (unpaired) electrons. The summed E-state index contributed by atoms with van der Waals surface area (Å²) in [4.78, 5) is 26.3. The van der Waals surface area contributed by atoms with Crippen molar-refractivity contribution in [1.82, 2.24) is 5.32 Å². The molecular weight excluding hydrogens is 577 g/mol. The van der Waals surface area contributed by atoms with E-state index < -0.39 is 23.8 Å². The van der Waals surface area contributed by atoms with E-state index in [1.807, 2.05) is 30.3 Å². The van der Waals surface area contributed by atoms with Gasteiger partial charge in [-0.05, 0) is 53.6 Å². The summed E-state index contributed by atoms with van der Waals surface area (Å²) in [5.74, 6) is -3.66. The minimum atomic E-state index is -5.44. The molecule has 1 unspecified atom stereocenters. The molecule has 12 heteroatoms. The van der Waals surface area contributed by atoms with Crippen molar-refractivity contribution in [3.05, 3.63) is 125 Å². The number of methoxy groups -OCH3 is 1. The Hall–Kier alpha value is -5.52. The largest absolute Gasteiger partial charge is 0.493 e. The van der Waals surface area contributed by atoms with Gasteiger partial charge in [0.15, 0.2) is 11.5 Å². The second-order valence-corrected chi connectivity index (χ2v) is 9.49. The van der Waals surface area contributed by atoms with E-state index in [9.17, 15) is 22.8 Å². The molecule has 4 aromatic carbocycles. The minimum Gasteiger partial charge on any atom is -0.493 e. The Kier molecular flexibility index (Phi) is 9.74. The molecule has 0 heterocycles. The van der Waals surface area contributed by atoms with Crippen LogP contribution in [0.15, 0.2) is 103 Å². The summed E-state index contributed by atoms with van der Waals surface area (Å²) in [7, 11) is 1.32. The normalized spacial score (nSPS) is 12.4. The number of esters is 1. The zero-order valence-corrected chi connectivity index (χ0v) is 23.5. The number of nitrogens with two attached hydrogens (primary N) is 1. The van der Waals surface area contributed by atoms with Crippen molar-refractivity contribution in [3.63, 3.8) is 0 Å². The van der Waals surface area contributed by atoms with E-state index in [2.05, 4.69) is 10.6 Å². The minimum absolute atomic E-state index is 0.0652. The van der Waals surface area contributed by atoms with Gasteiger partial charge in [-0.3, -0.25) is 10.2 Å². The molecule has 0 saturated heterocycles. The maximum atomic E-state index is 13.9. The van der Waals surface area contributed by atoms with Crippen LogP contribution in [-0.2, 0) is 33.2 Å². The molecule has 0 aliphatic carbocycles. The molecule has 228 valence electrons. The number of carbonyl (C=O) groups excluding carboxylic acids is 2. The van der Waals surface area contributed by atoms with Crippen LogP contribution in [0.4, 0.5) is 18.9 Å². The fourth-order valence-corrected chi connectivity index (χ4v) is 4.17. The number of hydrogen-bond acceptors (Lipinski definition) is 7. The first kappa shape index (κ1) is 31.4. The number of alkyl halides is 3. The summed E-state index contributed by atoms with van der Waals surface area (Å²) < 4.78 is 57.3. The number of amides is 1. The number of benzene rings is 4. The van der Waals surface area contributed by atoms with E-state index in [4.69, 9.17) is 25.4 Å². The third-order valence-corrected chi connectivity index (χ3v) is 6.42. The van der Waals surface area contributed by atoms with Crippen LogP contribution >= 0.6 is 0 Å². The first-order valence-corrected chi connectivity index (χ1v) is 13.2. The lowest BCUT2D eigenvalue weighted by molar-refractivity contribution is -0.213. The van der Waals surface area contributed by atoms with Gasteiger partial charge in [-0.15, -0.1) is 0 Å². The monoisotopic (exact) mass is 606 g/mol. The van der Waals surface area contributed by atoms with Gasteiger partial charge in [-0.2, -0.15) is 13.2 Å². The predicted molar refractivity (Wildman–Crippen MR) is 157 cm³/mol. The van der Waals surface area contributed by atoms with Crippen LogP contribution in [0.25, 0.3) is 0 Å². The summed E-state index contributed by atoms with van der Waals surface area (Å²) >= 11 is 0. The molecule has 0 bridgehead atoms. The topological polar surface area (TPSA) is 136 Å². The average Bonchev–Trinajstić information content (AvgIpc) is 3.02. The van der Waals surface area contributed by atoms with Gasteiger partial charge in [-0.25, -0.2) is 4.79 Å². The van der Waals surface area contributed by atoms with E-state index in [0.29, 0.717) is 11.1 Å². The number of rotatable bonds is 12. The highest BCUT2D eigenvalue weighted by molar-refractivity contribution is 5.96. The second-order valence-electron chi connectivity index (χ2n) is 9.49. The van der Waals surface area contributed by atoms with Crippen LogP contribution in [0.1, 0.15) is 22.3 Å². The third kappa shape index (κ3) is 7.65. The second kappa shape index (κ2) is 13.6. The van der Waals surface area contributed by atoms with Gasteiger partial charge in [0, 0.05) is 23.4 Å². The number of anilines is 1. The highest BCUT2D eigenvalue weighted by atomic mass is 19.4. The van der Waals surface area contributed by atoms with Crippen molar-refractivity contribution >= 4 is 23.4 Å². The summed E-state index contributed by atoms with van der Waals surface area (Å²) in [5, 5.41) is 12.9. The Morgan fingerprint density at radius 2 is 1.45 bits per heavy atom. The lowest BCUT2D eigenvalue weighted by Gasteiger charge is -2.34. The smallest absolute Gasteiger partial charge is 0.491 e. The van der Waals surface area contributed by atoms with Crippen LogP contribution in [0.3, 0.4) is 0 Å². The molecule has 1 atom stereocenters. The zero-order chi connectivity index (χ0) is 31.7. The SMILES string of the molecule is COc1cc(C(Nc2ccc(C(=N)N)cc2)(OC(=O)C(F)(F)F)C(=O)NCc2ccccc2)ccc1OCc1ccccc1. The lowest BCUT2D eigenvalue weighted by atomic mass is 9.99. The average molecular weight is 607 g/mol. The van der Waals surface area contributed by atoms with Crippen molar-refractivity contribution in [2.24, 2.45) is 5.73 Å². The molecule has 44 heavy (non-hydrogen) atoms. The van der Waals surface area contributed by atoms with Gasteiger partial charge in [-0.1, -0.05) is 60.7 Å². The molecule has 0 fully saturated rings. The molecular formula is C32H29F3N4O5. The van der Waals surface area contributed by atoms with Crippen molar-refractivity contribution in [1.29, 1.82) is 5.41 Å². The number of halogens is 3. The predicted octanol–water partition coefficient (Wildman–Crippen LogP) is 5.25. The number of hydrogen-bond donors (Lipinski definition) is 4. The molecule has 0 aliphatic rings. The van der Waals surface area contributed by atoms with E-state index in [0.717, 1.165) is 5.56 Å². The quantitative estimate of drug-likeness (QED) is 0.0749. The fraction of sp³-hybridized carbons (Fsp3) is 0.156. The first-order chi connectivity index (χ1) is 21.0. The molecule has 0 saturated carbocycles. The Bertz CT molecular complexity index is 1600. The Balaban J connectivity index is 1.80. The van der Waals surface area contributed by atoms with Gasteiger partial charge >= 0.3 is 12.1 Å². The van der Waals surface area contributed by atoms with Crippen molar-refractivity contribution < 1.29 is 37.0 Å². The highest BCUT2D eigenvalue weighted by Crippen LogP contribution is 2.37. The lowest BCUT2D eigenvalue weighted by Crippen LogP contribution is -2.54. The van der Waals surface area contributed by atoms with Gasteiger partial charge in [0.1, 0.15) is 12.4 Å². The maximum absolute atomic E-state index is 13.9. The molecule has 0 aromatic heterocycles.